The van der Waals surface area contributed by atoms with Gasteiger partial charge in [-0.25, -0.2) is 4.98 Å². The summed E-state index contributed by atoms with van der Waals surface area (Å²) >= 11 is 1.40. The minimum atomic E-state index is 0.727. The van der Waals surface area contributed by atoms with Gasteiger partial charge in [0.1, 0.15) is 0 Å². The molecule has 3 heterocycles. The Morgan fingerprint density at radius 1 is 1.41 bits per heavy atom. The first-order valence-electron chi connectivity index (χ1n) is 5.11. The average Bonchev–Trinajstić information content (AvgIpc) is 2.95. The summed E-state index contributed by atoms with van der Waals surface area (Å²) in [6, 6.07) is 0. The van der Waals surface area contributed by atoms with Gasteiger partial charge in [-0.1, -0.05) is 11.3 Å². The zero-order valence-electron chi connectivity index (χ0n) is 9.41. The van der Waals surface area contributed by atoms with Crippen molar-refractivity contribution in [2.45, 2.75) is 6.92 Å². The maximum absolute atomic E-state index is 10.8. The number of aromatic nitrogens is 4. The Morgan fingerprint density at radius 3 is 2.82 bits per heavy atom. The number of hydrogen-bond acceptors (Lipinski definition) is 4. The molecular formula is C11H10N4OS. The highest BCUT2D eigenvalue weighted by Gasteiger charge is 2.12. The van der Waals surface area contributed by atoms with E-state index in [1.54, 1.807) is 10.9 Å². The van der Waals surface area contributed by atoms with Crippen molar-refractivity contribution in [3.05, 3.63) is 29.2 Å². The van der Waals surface area contributed by atoms with Crippen LogP contribution in [-0.4, -0.2) is 25.5 Å². The molecule has 0 aliphatic rings. The monoisotopic (exact) mass is 246 g/mol. The number of rotatable bonds is 2. The number of carbonyl (C=O) groups is 1. The molecule has 0 saturated heterocycles. The van der Waals surface area contributed by atoms with Crippen LogP contribution in [0.15, 0.2) is 18.6 Å². The second kappa shape index (κ2) is 3.53. The van der Waals surface area contributed by atoms with Crippen molar-refractivity contribution in [2.24, 2.45) is 7.05 Å². The minimum absolute atomic E-state index is 0.727. The topological polar surface area (TPSA) is 52.2 Å². The summed E-state index contributed by atoms with van der Waals surface area (Å²) in [5.41, 5.74) is 2.79. The van der Waals surface area contributed by atoms with Crippen molar-refractivity contribution in [3.63, 3.8) is 0 Å². The molecule has 0 N–H and O–H groups in total. The van der Waals surface area contributed by atoms with Crippen LogP contribution in [0.4, 0.5) is 0 Å². The number of aryl methyl sites for hydroxylation is 2. The third-order valence-electron chi connectivity index (χ3n) is 2.70. The van der Waals surface area contributed by atoms with Crippen LogP contribution >= 0.6 is 11.3 Å². The van der Waals surface area contributed by atoms with Crippen molar-refractivity contribution >= 4 is 22.6 Å². The van der Waals surface area contributed by atoms with Crippen LogP contribution in [0.3, 0.4) is 0 Å². The van der Waals surface area contributed by atoms with E-state index in [0.29, 0.717) is 0 Å². The minimum Gasteiger partial charge on any atom is -0.297 e. The van der Waals surface area contributed by atoms with E-state index in [-0.39, 0.29) is 0 Å². The molecule has 0 aliphatic heterocycles. The first-order chi connectivity index (χ1) is 8.19. The van der Waals surface area contributed by atoms with Crippen LogP contribution in [0.5, 0.6) is 0 Å². The van der Waals surface area contributed by atoms with Gasteiger partial charge in [0.15, 0.2) is 11.2 Å². The van der Waals surface area contributed by atoms with Gasteiger partial charge in [0.25, 0.3) is 0 Å². The van der Waals surface area contributed by atoms with Crippen LogP contribution < -0.4 is 0 Å². The van der Waals surface area contributed by atoms with Crippen LogP contribution in [-0.2, 0) is 7.05 Å². The molecule has 0 bridgehead atoms. The Kier molecular flexibility index (Phi) is 2.12. The van der Waals surface area contributed by atoms with E-state index in [0.717, 1.165) is 33.1 Å². The summed E-state index contributed by atoms with van der Waals surface area (Å²) < 4.78 is 3.68. The van der Waals surface area contributed by atoms with Gasteiger partial charge in [-0.05, 0) is 6.92 Å². The molecule has 0 aromatic carbocycles. The zero-order chi connectivity index (χ0) is 12.0. The normalized spacial score (nSPS) is 11.2. The molecule has 17 heavy (non-hydrogen) atoms. The number of hydrogen-bond donors (Lipinski definition) is 0. The van der Waals surface area contributed by atoms with E-state index in [2.05, 4.69) is 10.1 Å². The van der Waals surface area contributed by atoms with E-state index < -0.39 is 0 Å². The smallest absolute Gasteiger partial charge is 0.195 e. The van der Waals surface area contributed by atoms with Gasteiger partial charge < -0.3 is 0 Å². The molecule has 3 aromatic heterocycles. The fourth-order valence-electron chi connectivity index (χ4n) is 1.77. The molecule has 0 spiro atoms. The number of carbonyl (C=O) groups excluding carboxylic acids is 1. The van der Waals surface area contributed by atoms with E-state index in [1.165, 1.54) is 11.3 Å². The van der Waals surface area contributed by atoms with Gasteiger partial charge in [-0.3, -0.25) is 13.9 Å². The molecule has 0 fully saturated rings. The van der Waals surface area contributed by atoms with Crippen LogP contribution in [0.1, 0.15) is 15.4 Å². The van der Waals surface area contributed by atoms with E-state index in [1.807, 2.05) is 30.8 Å². The van der Waals surface area contributed by atoms with E-state index in [4.69, 9.17) is 0 Å². The summed E-state index contributed by atoms with van der Waals surface area (Å²) in [4.78, 5) is 16.9. The maximum Gasteiger partial charge on any atom is 0.195 e. The Balaban J connectivity index is 2.18. The molecule has 0 atom stereocenters. The van der Waals surface area contributed by atoms with Gasteiger partial charge in [-0.15, -0.1) is 0 Å². The molecule has 0 saturated carbocycles. The molecule has 0 amide bonds. The fraction of sp³-hybridized carbons (Fsp3) is 0.182. The fourth-order valence-corrected chi connectivity index (χ4v) is 2.69. The summed E-state index contributed by atoms with van der Waals surface area (Å²) in [5.74, 6) is 0. The van der Waals surface area contributed by atoms with Crippen molar-refractivity contribution in [2.75, 3.05) is 0 Å². The molecular weight excluding hydrogens is 236 g/mol. The predicted octanol–water partition coefficient (Wildman–Crippen LogP) is 1.92. The Hall–Kier alpha value is -1.95. The lowest BCUT2D eigenvalue weighted by molar-refractivity contribution is 0.112. The van der Waals surface area contributed by atoms with Gasteiger partial charge >= 0.3 is 0 Å². The number of fused-ring (bicyclic) bond motifs is 1. The van der Waals surface area contributed by atoms with Crippen LogP contribution in [0.25, 0.3) is 16.2 Å². The largest absolute Gasteiger partial charge is 0.297 e. The van der Waals surface area contributed by atoms with E-state index >= 15 is 0 Å². The lowest BCUT2D eigenvalue weighted by Crippen LogP contribution is -1.85. The summed E-state index contributed by atoms with van der Waals surface area (Å²) in [5, 5.41) is 4.12. The average molecular weight is 246 g/mol. The zero-order valence-corrected chi connectivity index (χ0v) is 10.2. The summed E-state index contributed by atoms with van der Waals surface area (Å²) in [6.07, 6.45) is 6.51. The highest BCUT2D eigenvalue weighted by molar-refractivity contribution is 7.18. The highest BCUT2D eigenvalue weighted by Crippen LogP contribution is 2.25. The van der Waals surface area contributed by atoms with E-state index in [9.17, 15) is 4.79 Å². The van der Waals surface area contributed by atoms with Gasteiger partial charge in [0.2, 0.25) is 0 Å². The van der Waals surface area contributed by atoms with Crippen molar-refractivity contribution < 1.29 is 4.79 Å². The van der Waals surface area contributed by atoms with Gasteiger partial charge in [0.05, 0.1) is 16.8 Å². The number of nitrogens with zero attached hydrogens (tertiary/aromatic N) is 4. The highest BCUT2D eigenvalue weighted by atomic mass is 32.1. The predicted molar refractivity (Wildman–Crippen MR) is 65.4 cm³/mol. The Labute approximate surface area is 101 Å². The number of aldehydes is 1. The number of thiazole rings is 1. The maximum atomic E-state index is 10.8. The summed E-state index contributed by atoms with van der Waals surface area (Å²) in [7, 11) is 1.87. The Morgan fingerprint density at radius 2 is 2.24 bits per heavy atom. The first-order valence-corrected chi connectivity index (χ1v) is 5.93. The molecule has 0 unspecified atom stereocenters. The third kappa shape index (κ3) is 1.49. The second-order valence-corrected chi connectivity index (χ2v) is 4.86. The molecule has 5 nitrogen and oxygen atoms in total. The van der Waals surface area contributed by atoms with Gasteiger partial charge in [-0.2, -0.15) is 5.10 Å². The van der Waals surface area contributed by atoms with Gasteiger partial charge in [0, 0.05) is 30.7 Å². The molecule has 86 valence electrons. The molecule has 0 radical (unpaired) electrons. The Bertz CT molecular complexity index is 706. The standard InChI is InChI=1S/C11H10N4OS/c1-7-10(6-16)17-11-13-9(5-15(7)11)8-3-12-14(2)4-8/h3-6H,1-2H3. The SMILES string of the molecule is Cc1c(C=O)sc2nc(-c3cnn(C)c3)cn12. The quantitative estimate of drug-likeness (QED) is 0.649. The third-order valence-corrected chi connectivity index (χ3v) is 3.78. The molecule has 0 aliphatic carbocycles. The number of imidazole rings is 1. The van der Waals surface area contributed by atoms with Crippen molar-refractivity contribution in [1.29, 1.82) is 0 Å². The first kappa shape index (κ1) is 10.2. The lowest BCUT2D eigenvalue weighted by atomic mass is 10.3. The summed E-state index contributed by atoms with van der Waals surface area (Å²) in [6.45, 7) is 1.92. The van der Waals surface area contributed by atoms with Crippen molar-refractivity contribution in [3.8, 4) is 11.3 Å². The lowest BCUT2D eigenvalue weighted by Gasteiger charge is -1.89. The molecule has 3 aromatic rings. The molecule has 6 heteroatoms. The van der Waals surface area contributed by atoms with Crippen LogP contribution in [0.2, 0.25) is 0 Å². The van der Waals surface area contributed by atoms with Crippen LogP contribution in [0, 0.1) is 6.92 Å². The van der Waals surface area contributed by atoms with Crippen molar-refractivity contribution in [1.82, 2.24) is 19.2 Å². The molecule has 3 rings (SSSR count). The second-order valence-electron chi connectivity index (χ2n) is 3.85.